The van der Waals surface area contributed by atoms with Gasteiger partial charge in [0.25, 0.3) is 0 Å². The quantitative estimate of drug-likeness (QED) is 0.366. The van der Waals surface area contributed by atoms with Crippen LogP contribution in [0.15, 0.2) is 34.3 Å². The third-order valence-electron chi connectivity index (χ3n) is 1.76. The van der Waals surface area contributed by atoms with E-state index in [2.05, 4.69) is 35.7 Å². The monoisotopic (exact) mass is 253 g/mol. The Morgan fingerprint density at radius 1 is 1.56 bits per heavy atom. The molecule has 0 aliphatic carbocycles. The molecule has 0 atom stereocenters. The van der Waals surface area contributed by atoms with Crippen molar-refractivity contribution in [3.63, 3.8) is 0 Å². The van der Waals surface area contributed by atoms with E-state index < -0.39 is 0 Å². The average molecular weight is 253 g/mol. The Morgan fingerprint density at radius 2 is 2.31 bits per heavy atom. The van der Waals surface area contributed by atoms with Gasteiger partial charge in [0.05, 0.1) is 6.21 Å². The maximum Gasteiger partial charge on any atom is 0.184 e. The van der Waals surface area contributed by atoms with Crippen LogP contribution in [0.1, 0.15) is 18.9 Å². The molecule has 5 heteroatoms. The summed E-state index contributed by atoms with van der Waals surface area (Å²) in [6.07, 6.45) is 2.89. The van der Waals surface area contributed by atoms with E-state index in [4.69, 9.17) is 5.73 Å². The van der Waals surface area contributed by atoms with E-state index in [0.717, 1.165) is 17.7 Å². The highest BCUT2D eigenvalue weighted by Gasteiger charge is 1.98. The number of benzene rings is 1. The first-order valence-electron chi connectivity index (χ1n) is 5.04. The van der Waals surface area contributed by atoms with Crippen LogP contribution in [0.25, 0.3) is 0 Å². The van der Waals surface area contributed by atoms with Crippen molar-refractivity contribution in [3.05, 3.63) is 29.8 Å². The normalized spacial score (nSPS) is 10.6. The SMILES string of the molecule is CCCSc1ccccc1C=NNC(N)=S. The number of hydrogen-bond donors (Lipinski definition) is 2. The number of thiocarbonyl (C=S) groups is 1. The molecule has 0 saturated carbocycles. The smallest absolute Gasteiger partial charge is 0.184 e. The van der Waals surface area contributed by atoms with Gasteiger partial charge >= 0.3 is 0 Å². The molecule has 1 rings (SSSR count). The van der Waals surface area contributed by atoms with E-state index in [1.807, 2.05) is 30.0 Å². The second kappa shape index (κ2) is 7.24. The topological polar surface area (TPSA) is 50.4 Å². The summed E-state index contributed by atoms with van der Waals surface area (Å²) < 4.78 is 0. The predicted octanol–water partition coefficient (Wildman–Crippen LogP) is 2.36. The molecule has 3 N–H and O–H groups in total. The fourth-order valence-electron chi connectivity index (χ4n) is 1.10. The zero-order chi connectivity index (χ0) is 11.8. The van der Waals surface area contributed by atoms with Crippen molar-refractivity contribution in [1.82, 2.24) is 5.43 Å². The van der Waals surface area contributed by atoms with Gasteiger partial charge in [0, 0.05) is 10.5 Å². The fraction of sp³-hybridized carbons (Fsp3) is 0.273. The summed E-state index contributed by atoms with van der Waals surface area (Å²) in [4.78, 5) is 1.22. The number of rotatable bonds is 5. The van der Waals surface area contributed by atoms with Gasteiger partial charge in [-0.1, -0.05) is 25.1 Å². The van der Waals surface area contributed by atoms with E-state index in [9.17, 15) is 0 Å². The maximum atomic E-state index is 5.28. The first-order valence-corrected chi connectivity index (χ1v) is 6.43. The van der Waals surface area contributed by atoms with Gasteiger partial charge in [-0.25, -0.2) is 0 Å². The predicted molar refractivity (Wildman–Crippen MR) is 75.0 cm³/mol. The van der Waals surface area contributed by atoms with Crippen molar-refractivity contribution in [3.8, 4) is 0 Å². The van der Waals surface area contributed by atoms with Crippen LogP contribution in [-0.2, 0) is 0 Å². The van der Waals surface area contributed by atoms with Gasteiger partial charge in [-0.2, -0.15) is 5.10 Å². The average Bonchev–Trinajstić information content (AvgIpc) is 2.27. The molecule has 0 unspecified atom stereocenters. The molecule has 0 amide bonds. The Morgan fingerprint density at radius 3 is 3.00 bits per heavy atom. The Hall–Kier alpha value is -1.07. The van der Waals surface area contributed by atoms with Crippen molar-refractivity contribution < 1.29 is 0 Å². The minimum Gasteiger partial charge on any atom is -0.375 e. The lowest BCUT2D eigenvalue weighted by Crippen LogP contribution is -2.24. The van der Waals surface area contributed by atoms with Crippen molar-refractivity contribution in [1.29, 1.82) is 0 Å². The van der Waals surface area contributed by atoms with Crippen LogP contribution in [-0.4, -0.2) is 17.1 Å². The van der Waals surface area contributed by atoms with Crippen LogP contribution >= 0.6 is 24.0 Å². The first kappa shape index (κ1) is 13.0. The number of hydrogen-bond acceptors (Lipinski definition) is 3. The largest absolute Gasteiger partial charge is 0.375 e. The van der Waals surface area contributed by atoms with Crippen molar-refractivity contribution in [2.45, 2.75) is 18.2 Å². The molecular weight excluding hydrogens is 238 g/mol. The summed E-state index contributed by atoms with van der Waals surface area (Å²) >= 11 is 6.48. The Balaban J connectivity index is 2.70. The molecule has 0 aromatic heterocycles. The molecule has 16 heavy (non-hydrogen) atoms. The van der Waals surface area contributed by atoms with E-state index >= 15 is 0 Å². The van der Waals surface area contributed by atoms with Gasteiger partial charge < -0.3 is 5.73 Å². The molecule has 0 saturated heterocycles. The second-order valence-corrected chi connectivity index (χ2v) is 4.70. The number of nitrogens with one attached hydrogen (secondary N) is 1. The molecule has 0 aliphatic heterocycles. The van der Waals surface area contributed by atoms with Crippen LogP contribution in [0.4, 0.5) is 0 Å². The molecule has 0 radical (unpaired) electrons. The maximum absolute atomic E-state index is 5.28. The molecule has 0 fully saturated rings. The van der Waals surface area contributed by atoms with Gasteiger partial charge in [-0.15, -0.1) is 11.8 Å². The summed E-state index contributed by atoms with van der Waals surface area (Å²) in [5, 5.41) is 4.13. The Kier molecular flexibility index (Phi) is 5.88. The molecule has 1 aromatic carbocycles. The van der Waals surface area contributed by atoms with E-state index in [-0.39, 0.29) is 5.11 Å². The standard InChI is InChI=1S/C11H15N3S2/c1-2-7-16-10-6-4-3-5-9(10)8-13-14-11(12)15/h3-6,8H,2,7H2,1H3,(H3,12,14,15). The highest BCUT2D eigenvalue weighted by molar-refractivity contribution is 7.99. The minimum absolute atomic E-state index is 0.176. The summed E-state index contributed by atoms with van der Waals surface area (Å²) in [6.45, 7) is 2.16. The molecule has 3 nitrogen and oxygen atoms in total. The van der Waals surface area contributed by atoms with Crippen molar-refractivity contribution in [2.24, 2.45) is 10.8 Å². The van der Waals surface area contributed by atoms with Crippen molar-refractivity contribution in [2.75, 3.05) is 5.75 Å². The number of nitrogens with two attached hydrogens (primary N) is 1. The fourth-order valence-corrected chi connectivity index (χ4v) is 2.04. The molecule has 86 valence electrons. The zero-order valence-corrected chi connectivity index (χ0v) is 10.8. The molecule has 0 spiro atoms. The molecular formula is C11H15N3S2. The number of hydrazone groups is 1. The number of thioether (sulfide) groups is 1. The zero-order valence-electron chi connectivity index (χ0n) is 9.14. The third-order valence-corrected chi connectivity index (χ3v) is 3.15. The lowest BCUT2D eigenvalue weighted by atomic mass is 10.2. The molecule has 1 aromatic rings. The highest BCUT2D eigenvalue weighted by Crippen LogP contribution is 2.21. The van der Waals surface area contributed by atoms with Crippen LogP contribution in [0.2, 0.25) is 0 Å². The van der Waals surface area contributed by atoms with Gasteiger partial charge in [0.2, 0.25) is 0 Å². The third kappa shape index (κ3) is 4.63. The number of nitrogens with zero attached hydrogens (tertiary/aromatic N) is 1. The van der Waals surface area contributed by atoms with Gasteiger partial charge in [-0.3, -0.25) is 5.43 Å². The molecule has 0 heterocycles. The Bertz CT molecular complexity index is 377. The first-order chi connectivity index (χ1) is 7.74. The minimum atomic E-state index is 0.176. The second-order valence-electron chi connectivity index (χ2n) is 3.12. The van der Waals surface area contributed by atoms with E-state index in [0.29, 0.717) is 0 Å². The summed E-state index contributed by atoms with van der Waals surface area (Å²) in [5.41, 5.74) is 8.90. The Labute approximate surface area is 105 Å². The molecule has 0 aliphatic rings. The van der Waals surface area contributed by atoms with E-state index in [1.54, 1.807) is 6.21 Å². The molecule has 0 bridgehead atoms. The van der Waals surface area contributed by atoms with Gasteiger partial charge in [0.15, 0.2) is 5.11 Å². The van der Waals surface area contributed by atoms with Crippen LogP contribution in [0.3, 0.4) is 0 Å². The van der Waals surface area contributed by atoms with Gasteiger partial charge in [0.1, 0.15) is 0 Å². The summed E-state index contributed by atoms with van der Waals surface area (Å²) in [6, 6.07) is 8.11. The highest BCUT2D eigenvalue weighted by atomic mass is 32.2. The van der Waals surface area contributed by atoms with Crippen LogP contribution in [0.5, 0.6) is 0 Å². The lowest BCUT2D eigenvalue weighted by Gasteiger charge is -2.03. The van der Waals surface area contributed by atoms with Crippen LogP contribution < -0.4 is 11.2 Å². The lowest BCUT2D eigenvalue weighted by molar-refractivity contribution is 1.04. The van der Waals surface area contributed by atoms with E-state index in [1.165, 1.54) is 4.90 Å². The van der Waals surface area contributed by atoms with Gasteiger partial charge in [-0.05, 0) is 30.5 Å². The summed E-state index contributed by atoms with van der Waals surface area (Å²) in [7, 11) is 0. The van der Waals surface area contributed by atoms with Crippen LogP contribution in [0, 0.1) is 0 Å². The summed E-state index contributed by atoms with van der Waals surface area (Å²) in [5.74, 6) is 1.10. The van der Waals surface area contributed by atoms with Crippen molar-refractivity contribution >= 4 is 35.3 Å².